The Labute approximate surface area is 116 Å². The summed E-state index contributed by atoms with van der Waals surface area (Å²) in [6.45, 7) is 8.55. The lowest BCUT2D eigenvalue weighted by Crippen LogP contribution is -2.23. The van der Waals surface area contributed by atoms with Gasteiger partial charge in [0.15, 0.2) is 0 Å². The summed E-state index contributed by atoms with van der Waals surface area (Å²) in [6.07, 6.45) is 1.59. The van der Waals surface area contributed by atoms with E-state index in [1.54, 1.807) is 0 Å². The van der Waals surface area contributed by atoms with Crippen LogP contribution < -0.4 is 5.32 Å². The Morgan fingerprint density at radius 3 is 2.53 bits per heavy atom. The zero-order chi connectivity index (χ0) is 13.7. The summed E-state index contributed by atoms with van der Waals surface area (Å²) in [5, 5.41) is 3.44. The Kier molecular flexibility index (Phi) is 5.37. The molecule has 1 aliphatic heterocycles. The second kappa shape index (κ2) is 7.04. The highest BCUT2D eigenvalue weighted by Gasteiger charge is 2.21. The van der Waals surface area contributed by atoms with Crippen molar-refractivity contribution in [2.24, 2.45) is 0 Å². The summed E-state index contributed by atoms with van der Waals surface area (Å²) in [4.78, 5) is 2.47. The van der Waals surface area contributed by atoms with Crippen molar-refractivity contribution in [3.8, 4) is 0 Å². The van der Waals surface area contributed by atoms with E-state index in [4.69, 9.17) is 4.74 Å². The fourth-order valence-corrected chi connectivity index (χ4v) is 2.48. The third-order valence-corrected chi connectivity index (χ3v) is 3.71. The minimum absolute atomic E-state index is 0.425. The van der Waals surface area contributed by atoms with Crippen LogP contribution in [-0.4, -0.2) is 37.2 Å². The molecule has 1 aliphatic rings. The number of likely N-dealkylation sites (tertiary alicyclic amines) is 1. The van der Waals surface area contributed by atoms with Crippen LogP contribution in [0.1, 0.15) is 31.4 Å². The maximum Gasteiger partial charge on any atom is 0.0710 e. The first kappa shape index (κ1) is 14.5. The van der Waals surface area contributed by atoms with E-state index in [2.05, 4.69) is 48.3 Å². The first-order valence-electron chi connectivity index (χ1n) is 7.23. The Morgan fingerprint density at radius 2 is 1.95 bits per heavy atom. The first-order valence-corrected chi connectivity index (χ1v) is 7.23. The van der Waals surface area contributed by atoms with Crippen LogP contribution in [0, 0.1) is 0 Å². The Balaban J connectivity index is 1.82. The summed E-state index contributed by atoms with van der Waals surface area (Å²) in [5.74, 6) is 0. The Hall–Kier alpha value is -0.900. The van der Waals surface area contributed by atoms with Crippen LogP contribution in [0.4, 0.5) is 0 Å². The SMILES string of the molecule is COC1CCN(Cc2ccc(CNC(C)C)cc2)C1. The van der Waals surface area contributed by atoms with Gasteiger partial charge >= 0.3 is 0 Å². The fraction of sp³-hybridized carbons (Fsp3) is 0.625. The molecule has 1 N–H and O–H groups in total. The van der Waals surface area contributed by atoms with Crippen molar-refractivity contribution in [3.05, 3.63) is 35.4 Å². The Bertz CT molecular complexity index is 375. The lowest BCUT2D eigenvalue weighted by molar-refractivity contribution is 0.107. The molecular formula is C16H26N2O. The number of benzene rings is 1. The lowest BCUT2D eigenvalue weighted by atomic mass is 10.1. The third-order valence-electron chi connectivity index (χ3n) is 3.71. The molecule has 0 saturated carbocycles. The number of nitrogens with one attached hydrogen (secondary N) is 1. The topological polar surface area (TPSA) is 24.5 Å². The van der Waals surface area contributed by atoms with Gasteiger partial charge in [-0.2, -0.15) is 0 Å². The molecule has 19 heavy (non-hydrogen) atoms. The molecule has 0 aliphatic carbocycles. The van der Waals surface area contributed by atoms with Gasteiger partial charge in [0.1, 0.15) is 0 Å². The zero-order valence-electron chi connectivity index (χ0n) is 12.4. The van der Waals surface area contributed by atoms with Crippen molar-refractivity contribution in [1.29, 1.82) is 0 Å². The maximum atomic E-state index is 5.40. The van der Waals surface area contributed by atoms with Crippen molar-refractivity contribution >= 4 is 0 Å². The number of rotatable bonds is 6. The molecule has 106 valence electrons. The molecule has 1 unspecified atom stereocenters. The van der Waals surface area contributed by atoms with Gasteiger partial charge in [-0.15, -0.1) is 0 Å². The molecule has 3 nitrogen and oxygen atoms in total. The minimum Gasteiger partial charge on any atom is -0.380 e. The van der Waals surface area contributed by atoms with Crippen molar-refractivity contribution in [3.63, 3.8) is 0 Å². The van der Waals surface area contributed by atoms with Gasteiger partial charge in [0, 0.05) is 39.3 Å². The largest absolute Gasteiger partial charge is 0.380 e. The van der Waals surface area contributed by atoms with E-state index in [1.807, 2.05) is 7.11 Å². The van der Waals surface area contributed by atoms with Crippen LogP contribution in [0.15, 0.2) is 24.3 Å². The van der Waals surface area contributed by atoms with Gasteiger partial charge in [-0.1, -0.05) is 38.1 Å². The van der Waals surface area contributed by atoms with Gasteiger partial charge in [-0.3, -0.25) is 4.90 Å². The van der Waals surface area contributed by atoms with E-state index >= 15 is 0 Å². The normalized spacial score (nSPS) is 20.3. The van der Waals surface area contributed by atoms with Gasteiger partial charge in [0.25, 0.3) is 0 Å². The molecule has 0 bridgehead atoms. The molecule has 0 aromatic heterocycles. The zero-order valence-corrected chi connectivity index (χ0v) is 12.4. The molecule has 2 rings (SSSR count). The minimum atomic E-state index is 0.425. The van der Waals surface area contributed by atoms with E-state index in [0.29, 0.717) is 12.1 Å². The standard InChI is InChI=1S/C16H26N2O/c1-13(2)17-10-14-4-6-15(7-5-14)11-18-9-8-16(12-18)19-3/h4-7,13,16-17H,8-12H2,1-3H3. The van der Waals surface area contributed by atoms with E-state index in [1.165, 1.54) is 11.1 Å². The summed E-state index contributed by atoms with van der Waals surface area (Å²) in [6, 6.07) is 9.49. The highest BCUT2D eigenvalue weighted by molar-refractivity contribution is 5.22. The average molecular weight is 262 g/mol. The van der Waals surface area contributed by atoms with Crippen LogP contribution in [0.3, 0.4) is 0 Å². The van der Waals surface area contributed by atoms with E-state index in [9.17, 15) is 0 Å². The first-order chi connectivity index (χ1) is 9.17. The number of hydrogen-bond acceptors (Lipinski definition) is 3. The molecule has 1 aromatic rings. The Morgan fingerprint density at radius 1 is 1.26 bits per heavy atom. The van der Waals surface area contributed by atoms with Gasteiger partial charge < -0.3 is 10.1 Å². The van der Waals surface area contributed by atoms with Gasteiger partial charge in [0.2, 0.25) is 0 Å². The highest BCUT2D eigenvalue weighted by atomic mass is 16.5. The summed E-state index contributed by atoms with van der Waals surface area (Å²) < 4.78 is 5.40. The van der Waals surface area contributed by atoms with Crippen LogP contribution in [-0.2, 0) is 17.8 Å². The predicted molar refractivity (Wildman–Crippen MR) is 79.1 cm³/mol. The van der Waals surface area contributed by atoms with Crippen LogP contribution in [0.5, 0.6) is 0 Å². The summed E-state index contributed by atoms with van der Waals surface area (Å²) in [7, 11) is 1.81. The quantitative estimate of drug-likeness (QED) is 0.852. The van der Waals surface area contributed by atoms with Gasteiger partial charge in [-0.05, 0) is 17.5 Å². The number of nitrogens with zero attached hydrogens (tertiary/aromatic N) is 1. The van der Waals surface area contributed by atoms with Crippen molar-refractivity contribution in [2.75, 3.05) is 20.2 Å². The maximum absolute atomic E-state index is 5.40. The molecule has 0 spiro atoms. The van der Waals surface area contributed by atoms with Crippen molar-refractivity contribution < 1.29 is 4.74 Å². The molecule has 3 heteroatoms. The molecular weight excluding hydrogens is 236 g/mol. The van der Waals surface area contributed by atoms with E-state index < -0.39 is 0 Å². The second-order valence-corrected chi connectivity index (χ2v) is 5.73. The van der Waals surface area contributed by atoms with Crippen molar-refractivity contribution in [1.82, 2.24) is 10.2 Å². The number of methoxy groups -OCH3 is 1. The van der Waals surface area contributed by atoms with E-state index in [-0.39, 0.29) is 0 Å². The van der Waals surface area contributed by atoms with Gasteiger partial charge in [-0.25, -0.2) is 0 Å². The van der Waals surface area contributed by atoms with Crippen molar-refractivity contribution in [2.45, 2.75) is 45.5 Å². The summed E-state index contributed by atoms with van der Waals surface area (Å²) in [5.41, 5.74) is 2.75. The predicted octanol–water partition coefficient (Wildman–Crippen LogP) is 2.41. The number of ether oxygens (including phenoxy) is 1. The molecule has 1 atom stereocenters. The van der Waals surface area contributed by atoms with Crippen LogP contribution >= 0.6 is 0 Å². The van der Waals surface area contributed by atoms with E-state index in [0.717, 1.165) is 32.6 Å². The third kappa shape index (κ3) is 4.60. The fourth-order valence-electron chi connectivity index (χ4n) is 2.48. The molecule has 1 aromatic carbocycles. The molecule has 1 fully saturated rings. The molecule has 1 heterocycles. The second-order valence-electron chi connectivity index (χ2n) is 5.73. The monoisotopic (exact) mass is 262 g/mol. The summed E-state index contributed by atoms with van der Waals surface area (Å²) >= 11 is 0. The lowest BCUT2D eigenvalue weighted by Gasteiger charge is -2.16. The van der Waals surface area contributed by atoms with Crippen LogP contribution in [0.25, 0.3) is 0 Å². The smallest absolute Gasteiger partial charge is 0.0710 e. The number of hydrogen-bond donors (Lipinski definition) is 1. The highest BCUT2D eigenvalue weighted by Crippen LogP contribution is 2.15. The van der Waals surface area contributed by atoms with Gasteiger partial charge in [0.05, 0.1) is 6.10 Å². The average Bonchev–Trinajstić information content (AvgIpc) is 2.85. The van der Waals surface area contributed by atoms with Crippen LogP contribution in [0.2, 0.25) is 0 Å². The molecule has 1 saturated heterocycles. The molecule has 0 amide bonds. The molecule has 0 radical (unpaired) electrons.